The Morgan fingerprint density at radius 3 is 2.71 bits per heavy atom. The Morgan fingerprint density at radius 2 is 2.04 bits per heavy atom. The molecule has 2 heterocycles. The van der Waals surface area contributed by atoms with E-state index in [2.05, 4.69) is 36.4 Å². The van der Waals surface area contributed by atoms with Crippen LogP contribution in [-0.2, 0) is 13.2 Å². The second kappa shape index (κ2) is 9.46. The number of ether oxygens (including phenoxy) is 1. The van der Waals surface area contributed by atoms with Crippen LogP contribution in [0, 0.1) is 0 Å². The molecule has 7 heteroatoms. The highest BCUT2D eigenvalue weighted by Gasteiger charge is 2.11. The van der Waals surface area contributed by atoms with Gasteiger partial charge in [-0.05, 0) is 42.2 Å². The molecule has 0 radical (unpaired) electrons. The highest BCUT2D eigenvalue weighted by molar-refractivity contribution is 6.30. The first kappa shape index (κ1) is 20.0. The third kappa shape index (κ3) is 5.63. The summed E-state index contributed by atoms with van der Waals surface area (Å²) in [5.74, 6) is 1.88. The van der Waals surface area contributed by atoms with Crippen molar-refractivity contribution in [2.24, 2.45) is 0 Å². The van der Waals surface area contributed by atoms with E-state index in [1.807, 2.05) is 12.1 Å². The second-order valence-corrected chi connectivity index (χ2v) is 7.25. The molecule has 0 spiro atoms. The molecule has 0 fully saturated rings. The van der Waals surface area contributed by atoms with Crippen LogP contribution in [0.1, 0.15) is 48.1 Å². The highest BCUT2D eigenvalue weighted by Crippen LogP contribution is 2.20. The summed E-state index contributed by atoms with van der Waals surface area (Å²) in [5, 5.41) is 7.53. The van der Waals surface area contributed by atoms with E-state index in [0.29, 0.717) is 29.8 Å². The Kier molecular flexibility index (Phi) is 6.76. The van der Waals surface area contributed by atoms with E-state index in [1.165, 1.54) is 5.56 Å². The number of furan rings is 1. The van der Waals surface area contributed by atoms with Gasteiger partial charge in [-0.1, -0.05) is 37.6 Å². The van der Waals surface area contributed by atoms with Gasteiger partial charge in [-0.3, -0.25) is 9.48 Å². The molecule has 148 valence electrons. The lowest BCUT2D eigenvalue weighted by atomic mass is 10.0. The molecule has 0 bridgehead atoms. The summed E-state index contributed by atoms with van der Waals surface area (Å²) in [5.41, 5.74) is 1.26. The zero-order chi connectivity index (χ0) is 19.9. The molecule has 0 aliphatic rings. The van der Waals surface area contributed by atoms with Crippen molar-refractivity contribution >= 4 is 17.5 Å². The first-order chi connectivity index (χ1) is 13.5. The van der Waals surface area contributed by atoms with E-state index >= 15 is 0 Å². The number of hydrogen-bond donors (Lipinski definition) is 1. The largest absolute Gasteiger partial charge is 0.486 e. The molecule has 6 nitrogen and oxygen atoms in total. The van der Waals surface area contributed by atoms with Crippen LogP contribution >= 0.6 is 11.6 Å². The van der Waals surface area contributed by atoms with Gasteiger partial charge in [-0.15, -0.1) is 0 Å². The second-order valence-electron chi connectivity index (χ2n) is 6.81. The van der Waals surface area contributed by atoms with Crippen molar-refractivity contribution in [3.05, 3.63) is 70.9 Å². The topological polar surface area (TPSA) is 69.3 Å². The molecule has 0 unspecified atom stereocenters. The number of aryl methyl sites for hydroxylation is 1. The van der Waals surface area contributed by atoms with E-state index in [4.69, 9.17) is 20.8 Å². The number of rotatable bonds is 9. The van der Waals surface area contributed by atoms with Crippen LogP contribution in [0.15, 0.2) is 53.2 Å². The number of carbonyl (C=O) groups excluding carboxylic acids is 1. The molecular weight excluding hydrogens is 378 g/mol. The first-order valence-corrected chi connectivity index (χ1v) is 9.66. The zero-order valence-electron chi connectivity index (χ0n) is 16.0. The van der Waals surface area contributed by atoms with Gasteiger partial charge in [0.2, 0.25) is 0 Å². The summed E-state index contributed by atoms with van der Waals surface area (Å²) in [6.45, 7) is 5.77. The minimum absolute atomic E-state index is 0.244. The third-order valence-corrected chi connectivity index (χ3v) is 4.46. The maximum absolute atomic E-state index is 12.2. The predicted molar refractivity (Wildman–Crippen MR) is 108 cm³/mol. The molecule has 1 amide bonds. The highest BCUT2D eigenvalue weighted by atomic mass is 35.5. The smallest absolute Gasteiger partial charge is 0.286 e. The molecule has 2 aromatic heterocycles. The molecule has 3 aromatic rings. The number of nitrogens with one attached hydrogen (secondary N) is 1. The fourth-order valence-corrected chi connectivity index (χ4v) is 2.83. The molecule has 3 rings (SSSR count). The summed E-state index contributed by atoms with van der Waals surface area (Å²) in [7, 11) is 0. The van der Waals surface area contributed by atoms with Crippen molar-refractivity contribution in [2.75, 3.05) is 6.54 Å². The lowest BCUT2D eigenvalue weighted by molar-refractivity contribution is 0.0921. The van der Waals surface area contributed by atoms with E-state index < -0.39 is 0 Å². The number of halogens is 1. The first-order valence-electron chi connectivity index (χ1n) is 9.29. The van der Waals surface area contributed by atoms with Gasteiger partial charge in [0.1, 0.15) is 18.1 Å². The average molecular weight is 402 g/mol. The van der Waals surface area contributed by atoms with Gasteiger partial charge >= 0.3 is 0 Å². The van der Waals surface area contributed by atoms with E-state index in [0.717, 1.165) is 12.2 Å². The number of amides is 1. The molecule has 0 atom stereocenters. The molecule has 0 saturated carbocycles. The number of benzene rings is 1. The van der Waals surface area contributed by atoms with Gasteiger partial charge in [0, 0.05) is 19.3 Å². The third-order valence-electron chi connectivity index (χ3n) is 4.26. The molecular formula is C21H24ClN3O3. The molecule has 0 aliphatic carbocycles. The molecule has 1 aromatic carbocycles. The predicted octanol–water partition coefficient (Wildman–Crippen LogP) is 4.65. The van der Waals surface area contributed by atoms with Crippen LogP contribution in [0.3, 0.4) is 0 Å². The lowest BCUT2D eigenvalue weighted by Crippen LogP contribution is -2.24. The minimum Gasteiger partial charge on any atom is -0.486 e. The monoisotopic (exact) mass is 401 g/mol. The van der Waals surface area contributed by atoms with E-state index in [-0.39, 0.29) is 18.3 Å². The van der Waals surface area contributed by atoms with Gasteiger partial charge in [-0.25, -0.2) is 0 Å². The van der Waals surface area contributed by atoms with Gasteiger partial charge in [0.15, 0.2) is 5.76 Å². The van der Waals surface area contributed by atoms with Crippen LogP contribution in [0.5, 0.6) is 5.75 Å². The van der Waals surface area contributed by atoms with Gasteiger partial charge in [0.25, 0.3) is 5.91 Å². The Labute approximate surface area is 169 Å². The Balaban J connectivity index is 1.41. The quantitative estimate of drug-likeness (QED) is 0.530. The lowest BCUT2D eigenvalue weighted by Gasteiger charge is -2.08. The maximum atomic E-state index is 12.2. The van der Waals surface area contributed by atoms with Crippen molar-refractivity contribution in [3.8, 4) is 5.75 Å². The van der Waals surface area contributed by atoms with Crippen LogP contribution in [0.25, 0.3) is 0 Å². The Morgan fingerprint density at radius 1 is 1.25 bits per heavy atom. The number of nitrogens with zero attached hydrogens (tertiary/aromatic N) is 2. The van der Waals surface area contributed by atoms with Crippen molar-refractivity contribution in [1.29, 1.82) is 0 Å². The minimum atomic E-state index is -0.244. The van der Waals surface area contributed by atoms with Crippen molar-refractivity contribution in [2.45, 2.75) is 39.3 Å². The fraction of sp³-hybridized carbons (Fsp3) is 0.333. The van der Waals surface area contributed by atoms with Crippen LogP contribution in [-0.4, -0.2) is 22.2 Å². The average Bonchev–Trinajstić information content (AvgIpc) is 3.33. The van der Waals surface area contributed by atoms with Crippen molar-refractivity contribution < 1.29 is 13.9 Å². The number of hydrogen-bond acceptors (Lipinski definition) is 4. The van der Waals surface area contributed by atoms with Crippen LogP contribution in [0.4, 0.5) is 0 Å². The zero-order valence-corrected chi connectivity index (χ0v) is 16.8. The van der Waals surface area contributed by atoms with Gasteiger partial charge < -0.3 is 14.5 Å². The summed E-state index contributed by atoms with van der Waals surface area (Å²) >= 11 is 5.81. The molecule has 0 saturated heterocycles. The maximum Gasteiger partial charge on any atom is 0.286 e. The normalized spacial score (nSPS) is 11.0. The molecule has 28 heavy (non-hydrogen) atoms. The SMILES string of the molecule is CC(C)c1ccc(OCc2ccc(C(=O)NCCCn3cc(Cl)cn3)o2)cc1. The van der Waals surface area contributed by atoms with E-state index in [9.17, 15) is 4.79 Å². The Hall–Kier alpha value is -2.73. The van der Waals surface area contributed by atoms with Crippen LogP contribution < -0.4 is 10.1 Å². The standard InChI is InChI=1S/C21H24ClN3O3/c1-15(2)16-4-6-18(7-5-16)27-14-19-8-9-20(28-19)21(26)23-10-3-11-25-13-17(22)12-24-25/h4-9,12-13,15H,3,10-11,14H2,1-2H3,(H,23,26). The number of carbonyl (C=O) groups is 1. The Bertz CT molecular complexity index is 900. The molecule has 1 N–H and O–H groups in total. The van der Waals surface area contributed by atoms with Crippen molar-refractivity contribution in [3.63, 3.8) is 0 Å². The number of aromatic nitrogens is 2. The van der Waals surface area contributed by atoms with Crippen molar-refractivity contribution in [1.82, 2.24) is 15.1 Å². The van der Waals surface area contributed by atoms with E-state index in [1.54, 1.807) is 29.2 Å². The molecule has 0 aliphatic heterocycles. The summed E-state index contributed by atoms with van der Waals surface area (Å²) in [6.07, 6.45) is 4.08. The van der Waals surface area contributed by atoms with Crippen LogP contribution in [0.2, 0.25) is 5.02 Å². The summed E-state index contributed by atoms with van der Waals surface area (Å²) in [4.78, 5) is 12.2. The summed E-state index contributed by atoms with van der Waals surface area (Å²) < 4.78 is 13.0. The van der Waals surface area contributed by atoms with Gasteiger partial charge in [-0.2, -0.15) is 5.10 Å². The van der Waals surface area contributed by atoms with Gasteiger partial charge in [0.05, 0.1) is 11.2 Å². The summed E-state index contributed by atoms with van der Waals surface area (Å²) in [6, 6.07) is 11.4. The fourth-order valence-electron chi connectivity index (χ4n) is 2.67.